The Bertz CT molecular complexity index is 678. The van der Waals surface area contributed by atoms with Crippen LogP contribution in [0.15, 0.2) is 55.3 Å². The molecule has 0 aliphatic heterocycles. The first-order valence-corrected chi connectivity index (χ1v) is 8.12. The van der Waals surface area contributed by atoms with Crippen LogP contribution in [0.1, 0.15) is 42.1 Å². The molecular formula is C20H24N2O2. The summed E-state index contributed by atoms with van der Waals surface area (Å²) in [5.74, 6) is 2.03. The third-order valence-corrected chi connectivity index (χ3v) is 4.25. The number of benzene rings is 1. The molecule has 0 aliphatic carbocycles. The van der Waals surface area contributed by atoms with Gasteiger partial charge < -0.3 is 10.1 Å². The standard InChI is InChI=1S/C20H24N2O2/c1-5-6-14(2)15(3)16-7-10-18(11-8-16)24-19-12-9-17(13-22-19)20(23)21-4/h5,7-15H,1,6H2,2-4H3,(H,21,23). The van der Waals surface area contributed by atoms with Crippen molar-refractivity contribution in [2.45, 2.75) is 26.2 Å². The molecule has 2 aromatic rings. The fraction of sp³-hybridized carbons (Fsp3) is 0.300. The summed E-state index contributed by atoms with van der Waals surface area (Å²) in [6, 6.07) is 11.4. The highest BCUT2D eigenvalue weighted by Crippen LogP contribution is 2.29. The monoisotopic (exact) mass is 324 g/mol. The summed E-state index contributed by atoms with van der Waals surface area (Å²) in [4.78, 5) is 15.6. The second-order valence-electron chi connectivity index (χ2n) is 5.93. The lowest BCUT2D eigenvalue weighted by molar-refractivity contribution is 0.0962. The van der Waals surface area contributed by atoms with E-state index in [9.17, 15) is 4.79 Å². The number of allylic oxidation sites excluding steroid dienone is 1. The van der Waals surface area contributed by atoms with Crippen LogP contribution in [0.2, 0.25) is 0 Å². The van der Waals surface area contributed by atoms with E-state index in [-0.39, 0.29) is 5.91 Å². The molecular weight excluding hydrogens is 300 g/mol. The summed E-state index contributed by atoms with van der Waals surface area (Å²) in [6.45, 7) is 8.26. The highest BCUT2D eigenvalue weighted by molar-refractivity contribution is 5.93. The summed E-state index contributed by atoms with van der Waals surface area (Å²) in [5, 5.41) is 2.56. The minimum Gasteiger partial charge on any atom is -0.439 e. The van der Waals surface area contributed by atoms with Gasteiger partial charge in [-0.1, -0.05) is 32.1 Å². The number of hydrogen-bond acceptors (Lipinski definition) is 3. The zero-order valence-electron chi connectivity index (χ0n) is 14.5. The van der Waals surface area contributed by atoms with Gasteiger partial charge in [0.2, 0.25) is 5.88 Å². The molecule has 1 aromatic carbocycles. The summed E-state index contributed by atoms with van der Waals surface area (Å²) in [6.07, 6.45) is 4.47. The van der Waals surface area contributed by atoms with Gasteiger partial charge in [-0.05, 0) is 42.0 Å². The van der Waals surface area contributed by atoms with Gasteiger partial charge in [-0.15, -0.1) is 6.58 Å². The average molecular weight is 324 g/mol. The van der Waals surface area contributed by atoms with Crippen molar-refractivity contribution < 1.29 is 9.53 Å². The molecule has 4 nitrogen and oxygen atoms in total. The van der Waals surface area contributed by atoms with Gasteiger partial charge in [0.1, 0.15) is 5.75 Å². The minimum atomic E-state index is -0.166. The van der Waals surface area contributed by atoms with Crippen molar-refractivity contribution in [3.8, 4) is 11.6 Å². The molecule has 1 N–H and O–H groups in total. The molecule has 0 saturated carbocycles. The predicted molar refractivity (Wildman–Crippen MR) is 96.5 cm³/mol. The predicted octanol–water partition coefficient (Wildman–Crippen LogP) is 4.55. The maximum Gasteiger partial charge on any atom is 0.252 e. The van der Waals surface area contributed by atoms with Gasteiger partial charge in [-0.25, -0.2) is 4.98 Å². The first kappa shape index (κ1) is 17.7. The van der Waals surface area contributed by atoms with Gasteiger partial charge in [0.15, 0.2) is 0 Å². The van der Waals surface area contributed by atoms with Crippen molar-refractivity contribution in [1.29, 1.82) is 0 Å². The van der Waals surface area contributed by atoms with E-state index in [1.807, 2.05) is 18.2 Å². The molecule has 1 aromatic heterocycles. The van der Waals surface area contributed by atoms with Crippen LogP contribution in [-0.4, -0.2) is 17.9 Å². The lowest BCUT2D eigenvalue weighted by atomic mass is 9.87. The summed E-state index contributed by atoms with van der Waals surface area (Å²) in [7, 11) is 1.59. The lowest BCUT2D eigenvalue weighted by Gasteiger charge is -2.19. The normalized spacial score (nSPS) is 13.0. The van der Waals surface area contributed by atoms with E-state index in [4.69, 9.17) is 4.74 Å². The van der Waals surface area contributed by atoms with Crippen molar-refractivity contribution >= 4 is 5.91 Å². The Morgan fingerprint density at radius 3 is 2.50 bits per heavy atom. The van der Waals surface area contributed by atoms with E-state index in [0.29, 0.717) is 23.3 Å². The first-order chi connectivity index (χ1) is 11.5. The fourth-order valence-corrected chi connectivity index (χ4v) is 2.48. The third kappa shape index (κ3) is 4.44. The molecule has 1 heterocycles. The molecule has 0 radical (unpaired) electrons. The van der Waals surface area contributed by atoms with Gasteiger partial charge in [-0.2, -0.15) is 0 Å². The first-order valence-electron chi connectivity index (χ1n) is 8.12. The molecule has 0 saturated heterocycles. The highest BCUT2D eigenvalue weighted by Gasteiger charge is 2.13. The van der Waals surface area contributed by atoms with Crippen molar-refractivity contribution in [2.24, 2.45) is 5.92 Å². The van der Waals surface area contributed by atoms with Crippen LogP contribution < -0.4 is 10.1 Å². The van der Waals surface area contributed by atoms with Crippen LogP contribution >= 0.6 is 0 Å². The van der Waals surface area contributed by atoms with Gasteiger partial charge in [0.25, 0.3) is 5.91 Å². The zero-order chi connectivity index (χ0) is 17.5. The molecule has 2 atom stereocenters. The molecule has 24 heavy (non-hydrogen) atoms. The van der Waals surface area contributed by atoms with Crippen LogP contribution in [0, 0.1) is 5.92 Å². The molecule has 2 unspecified atom stereocenters. The van der Waals surface area contributed by atoms with Crippen LogP contribution in [0.5, 0.6) is 11.6 Å². The summed E-state index contributed by atoms with van der Waals surface area (Å²) >= 11 is 0. The molecule has 0 aliphatic rings. The number of ether oxygens (including phenoxy) is 1. The molecule has 0 spiro atoms. The lowest BCUT2D eigenvalue weighted by Crippen LogP contribution is -2.17. The Labute approximate surface area is 143 Å². The van der Waals surface area contributed by atoms with E-state index >= 15 is 0 Å². The van der Waals surface area contributed by atoms with Crippen LogP contribution in [0.25, 0.3) is 0 Å². The van der Waals surface area contributed by atoms with E-state index in [0.717, 1.165) is 12.2 Å². The average Bonchev–Trinajstić information content (AvgIpc) is 2.62. The zero-order valence-corrected chi connectivity index (χ0v) is 14.5. The number of nitrogens with zero attached hydrogens (tertiary/aromatic N) is 1. The Morgan fingerprint density at radius 2 is 1.96 bits per heavy atom. The van der Waals surface area contributed by atoms with Crippen molar-refractivity contribution in [3.05, 3.63) is 66.4 Å². The Kier molecular flexibility index (Phi) is 6.13. The van der Waals surface area contributed by atoms with Crippen molar-refractivity contribution in [2.75, 3.05) is 7.05 Å². The molecule has 4 heteroatoms. The SMILES string of the molecule is C=CCC(C)C(C)c1ccc(Oc2ccc(C(=O)NC)cn2)cc1. The number of pyridine rings is 1. The molecule has 0 fully saturated rings. The fourth-order valence-electron chi connectivity index (χ4n) is 2.48. The second kappa shape index (κ2) is 8.29. The van der Waals surface area contributed by atoms with Crippen molar-refractivity contribution in [1.82, 2.24) is 10.3 Å². The number of amides is 1. The topological polar surface area (TPSA) is 51.2 Å². The summed E-state index contributed by atoms with van der Waals surface area (Å²) in [5.41, 5.74) is 1.78. The highest BCUT2D eigenvalue weighted by atomic mass is 16.5. The largest absolute Gasteiger partial charge is 0.439 e. The Balaban J connectivity index is 2.03. The Hall–Kier alpha value is -2.62. The van der Waals surface area contributed by atoms with Gasteiger partial charge in [0.05, 0.1) is 5.56 Å². The molecule has 126 valence electrons. The smallest absolute Gasteiger partial charge is 0.252 e. The van der Waals surface area contributed by atoms with Crippen LogP contribution in [0.3, 0.4) is 0 Å². The number of rotatable bonds is 7. The summed E-state index contributed by atoms with van der Waals surface area (Å²) < 4.78 is 5.73. The maximum atomic E-state index is 11.5. The van der Waals surface area contributed by atoms with E-state index < -0.39 is 0 Å². The number of nitrogens with one attached hydrogen (secondary N) is 1. The number of aromatic nitrogens is 1. The van der Waals surface area contributed by atoms with Gasteiger partial charge >= 0.3 is 0 Å². The Morgan fingerprint density at radius 1 is 1.25 bits per heavy atom. The molecule has 1 amide bonds. The second-order valence-corrected chi connectivity index (χ2v) is 5.93. The van der Waals surface area contributed by atoms with E-state index in [2.05, 4.69) is 42.9 Å². The molecule has 2 rings (SSSR count). The quantitative estimate of drug-likeness (QED) is 0.760. The third-order valence-electron chi connectivity index (χ3n) is 4.25. The van der Waals surface area contributed by atoms with E-state index in [1.54, 1.807) is 19.2 Å². The maximum absolute atomic E-state index is 11.5. The van der Waals surface area contributed by atoms with Gasteiger partial charge in [0, 0.05) is 19.3 Å². The number of carbonyl (C=O) groups is 1. The number of carbonyl (C=O) groups excluding carboxylic acids is 1. The van der Waals surface area contributed by atoms with Crippen molar-refractivity contribution in [3.63, 3.8) is 0 Å². The van der Waals surface area contributed by atoms with Gasteiger partial charge in [-0.3, -0.25) is 4.79 Å². The van der Waals surface area contributed by atoms with Crippen LogP contribution in [-0.2, 0) is 0 Å². The minimum absolute atomic E-state index is 0.166. The van der Waals surface area contributed by atoms with E-state index in [1.165, 1.54) is 11.8 Å². The molecule has 0 bridgehead atoms. The van der Waals surface area contributed by atoms with Crippen LogP contribution in [0.4, 0.5) is 0 Å². The number of hydrogen-bond donors (Lipinski definition) is 1.